The summed E-state index contributed by atoms with van der Waals surface area (Å²) in [5.41, 5.74) is -1.93. The Morgan fingerprint density at radius 2 is 1.73 bits per heavy atom. The van der Waals surface area contributed by atoms with Crippen molar-refractivity contribution in [2.24, 2.45) is 11.8 Å². The van der Waals surface area contributed by atoms with Crippen LogP contribution in [0, 0.1) is 11.8 Å². The Kier molecular flexibility index (Phi) is 11.5. The molecule has 188 valence electrons. The smallest absolute Gasteiger partial charge is 0.408 e. The summed E-state index contributed by atoms with van der Waals surface area (Å²) in [5, 5.41) is 3.66. The van der Waals surface area contributed by atoms with E-state index in [0.29, 0.717) is 15.8 Å². The Labute approximate surface area is 208 Å². The number of halogens is 2. The van der Waals surface area contributed by atoms with Crippen LogP contribution in [0.5, 0.6) is 5.75 Å². The normalized spacial score (nSPS) is 15.6. The van der Waals surface area contributed by atoms with Crippen LogP contribution in [0.1, 0.15) is 68.2 Å². The summed E-state index contributed by atoms with van der Waals surface area (Å²) < 4.78 is 17.8. The molecular formula is C25H39Cl2NO5. The number of ether oxygens (including phenoxy) is 3. The molecule has 0 aromatic heterocycles. The van der Waals surface area contributed by atoms with Crippen molar-refractivity contribution < 1.29 is 23.8 Å². The molecule has 8 heteroatoms. The second-order valence-electron chi connectivity index (χ2n) is 9.69. The van der Waals surface area contributed by atoms with Gasteiger partial charge in [-0.2, -0.15) is 0 Å². The topological polar surface area (TPSA) is 73.9 Å². The number of hydrogen-bond donors (Lipinski definition) is 1. The number of rotatable bonds is 12. The van der Waals surface area contributed by atoms with Gasteiger partial charge in [0.15, 0.2) is 0 Å². The zero-order chi connectivity index (χ0) is 25.4. The van der Waals surface area contributed by atoms with Gasteiger partial charge in [-0.3, -0.25) is 0 Å². The van der Waals surface area contributed by atoms with Crippen LogP contribution in [0.2, 0.25) is 10.0 Å². The third-order valence-electron chi connectivity index (χ3n) is 5.69. The minimum Gasteiger partial charge on any atom is -0.486 e. The highest BCUT2D eigenvalue weighted by molar-refractivity contribution is 6.35. The summed E-state index contributed by atoms with van der Waals surface area (Å²) in [6.45, 7) is 15.1. The average Bonchev–Trinajstić information content (AvgIpc) is 2.70. The summed E-state index contributed by atoms with van der Waals surface area (Å²) in [4.78, 5) is 24.6. The number of carbonyl (C=O) groups excluding carboxylic acids is 2. The maximum atomic E-state index is 12.4. The van der Waals surface area contributed by atoms with Gasteiger partial charge in [0.05, 0.1) is 17.7 Å². The van der Waals surface area contributed by atoms with Crippen LogP contribution >= 0.6 is 23.2 Å². The van der Waals surface area contributed by atoms with Crippen LogP contribution in [0.3, 0.4) is 0 Å². The van der Waals surface area contributed by atoms with Gasteiger partial charge in [-0.25, -0.2) is 4.79 Å². The highest BCUT2D eigenvalue weighted by Crippen LogP contribution is 2.32. The standard InChI is InChI=1S/C25H39Cl2NO5/c1-9-18(10-2)22(32-21-12-11-19(26)13-20(21)27)17(5)31-15-25(14-29,16(3)4)28-23(30)33-24(6,7)8/h11-14,16-18,22H,9-10,15H2,1-8H3,(H,28,30)/t17-,22-,25+/m0/s1. The van der Waals surface area contributed by atoms with Gasteiger partial charge in [0.1, 0.15) is 29.3 Å². The molecule has 0 saturated carbocycles. The molecule has 0 heterocycles. The number of benzene rings is 1. The van der Waals surface area contributed by atoms with Gasteiger partial charge >= 0.3 is 6.09 Å². The molecule has 0 aliphatic rings. The summed E-state index contributed by atoms with van der Waals surface area (Å²) in [5.74, 6) is 0.481. The van der Waals surface area contributed by atoms with Crippen LogP contribution < -0.4 is 10.1 Å². The Balaban J connectivity index is 3.08. The molecule has 0 bridgehead atoms. The van der Waals surface area contributed by atoms with Crippen molar-refractivity contribution in [2.45, 2.75) is 91.6 Å². The first-order valence-corrected chi connectivity index (χ1v) is 12.2. The lowest BCUT2D eigenvalue weighted by atomic mass is 9.88. The summed E-state index contributed by atoms with van der Waals surface area (Å²) in [6.07, 6.45) is 1.09. The van der Waals surface area contributed by atoms with Gasteiger partial charge in [0.2, 0.25) is 0 Å². The average molecular weight is 504 g/mol. The van der Waals surface area contributed by atoms with Gasteiger partial charge < -0.3 is 24.3 Å². The molecule has 0 aliphatic carbocycles. The molecule has 1 amide bonds. The minimum absolute atomic E-state index is 0.0249. The van der Waals surface area contributed by atoms with Crippen molar-refractivity contribution in [3.05, 3.63) is 28.2 Å². The van der Waals surface area contributed by atoms with Crippen molar-refractivity contribution in [3.8, 4) is 5.75 Å². The van der Waals surface area contributed by atoms with Crippen molar-refractivity contribution in [2.75, 3.05) is 6.61 Å². The predicted molar refractivity (Wildman–Crippen MR) is 133 cm³/mol. The fraction of sp³-hybridized carbons (Fsp3) is 0.680. The van der Waals surface area contributed by atoms with E-state index < -0.39 is 17.2 Å². The van der Waals surface area contributed by atoms with E-state index in [1.807, 2.05) is 20.8 Å². The predicted octanol–water partition coefficient (Wildman–Crippen LogP) is 6.70. The quantitative estimate of drug-likeness (QED) is 0.321. The number of nitrogens with one attached hydrogen (secondary N) is 1. The molecule has 6 nitrogen and oxygen atoms in total. The molecule has 0 spiro atoms. The summed E-state index contributed by atoms with van der Waals surface area (Å²) in [6, 6.07) is 5.09. The molecule has 1 rings (SSSR count). The number of amides is 1. The van der Waals surface area contributed by atoms with Crippen LogP contribution in [0.4, 0.5) is 4.79 Å². The molecular weight excluding hydrogens is 465 g/mol. The first-order chi connectivity index (χ1) is 15.3. The Morgan fingerprint density at radius 1 is 1.12 bits per heavy atom. The first kappa shape index (κ1) is 29.5. The van der Waals surface area contributed by atoms with Crippen molar-refractivity contribution >= 4 is 35.6 Å². The molecule has 0 unspecified atom stereocenters. The largest absolute Gasteiger partial charge is 0.486 e. The molecule has 1 aromatic rings. The third kappa shape index (κ3) is 8.99. The lowest BCUT2D eigenvalue weighted by Crippen LogP contribution is -2.58. The van der Waals surface area contributed by atoms with Gasteiger partial charge in [-0.15, -0.1) is 0 Å². The molecule has 0 aliphatic heterocycles. The second kappa shape index (κ2) is 12.8. The summed E-state index contributed by atoms with van der Waals surface area (Å²) in [7, 11) is 0. The number of carbonyl (C=O) groups is 2. The molecule has 0 fully saturated rings. The maximum Gasteiger partial charge on any atom is 0.408 e. The van der Waals surface area contributed by atoms with E-state index in [2.05, 4.69) is 19.2 Å². The molecule has 0 radical (unpaired) electrons. The monoisotopic (exact) mass is 503 g/mol. The zero-order valence-corrected chi connectivity index (χ0v) is 22.5. The molecule has 3 atom stereocenters. The summed E-state index contributed by atoms with van der Waals surface area (Å²) >= 11 is 12.4. The van der Waals surface area contributed by atoms with E-state index in [1.54, 1.807) is 39.0 Å². The van der Waals surface area contributed by atoms with Gasteiger partial charge in [0.25, 0.3) is 0 Å². The third-order valence-corrected chi connectivity index (χ3v) is 6.22. The number of hydrogen-bond acceptors (Lipinski definition) is 5. The molecule has 1 N–H and O–H groups in total. The Bertz CT molecular complexity index is 777. The van der Waals surface area contributed by atoms with Crippen LogP contribution in [0.15, 0.2) is 18.2 Å². The zero-order valence-electron chi connectivity index (χ0n) is 21.0. The van der Waals surface area contributed by atoms with Gasteiger partial charge in [-0.1, -0.05) is 50.9 Å². The SMILES string of the molecule is CCC(CC)[C@@H](Oc1ccc(Cl)cc1Cl)[C@H](C)OC[C@@](C=O)(NC(=O)OC(C)(C)C)C(C)C. The van der Waals surface area contributed by atoms with E-state index >= 15 is 0 Å². The maximum absolute atomic E-state index is 12.4. The fourth-order valence-corrected chi connectivity index (χ4v) is 3.90. The van der Waals surface area contributed by atoms with Crippen molar-refractivity contribution in [3.63, 3.8) is 0 Å². The highest BCUT2D eigenvalue weighted by atomic mass is 35.5. The van der Waals surface area contributed by atoms with E-state index in [9.17, 15) is 9.59 Å². The van der Waals surface area contributed by atoms with E-state index in [1.165, 1.54) is 0 Å². The highest BCUT2D eigenvalue weighted by Gasteiger charge is 2.39. The second-order valence-corrected chi connectivity index (χ2v) is 10.5. The number of alkyl carbamates (subject to hydrolysis) is 1. The van der Waals surface area contributed by atoms with Crippen LogP contribution in [-0.2, 0) is 14.3 Å². The van der Waals surface area contributed by atoms with Crippen molar-refractivity contribution in [1.29, 1.82) is 0 Å². The Hall–Kier alpha value is -1.50. The van der Waals surface area contributed by atoms with E-state index in [-0.39, 0.29) is 30.7 Å². The first-order valence-electron chi connectivity index (χ1n) is 11.5. The molecule has 33 heavy (non-hydrogen) atoms. The van der Waals surface area contributed by atoms with Gasteiger partial charge in [0, 0.05) is 5.02 Å². The Morgan fingerprint density at radius 3 is 2.18 bits per heavy atom. The van der Waals surface area contributed by atoms with E-state index in [4.69, 9.17) is 37.4 Å². The molecule has 1 aromatic carbocycles. The number of aldehydes is 1. The molecule has 0 saturated heterocycles. The van der Waals surface area contributed by atoms with Crippen LogP contribution in [-0.4, -0.2) is 42.3 Å². The minimum atomic E-state index is -1.24. The van der Waals surface area contributed by atoms with Crippen molar-refractivity contribution in [1.82, 2.24) is 5.32 Å². The van der Waals surface area contributed by atoms with Crippen LogP contribution in [0.25, 0.3) is 0 Å². The lowest BCUT2D eigenvalue weighted by molar-refractivity contribution is -0.122. The lowest BCUT2D eigenvalue weighted by Gasteiger charge is -2.37. The van der Waals surface area contributed by atoms with Gasteiger partial charge in [-0.05, 0) is 70.6 Å². The fourth-order valence-electron chi connectivity index (χ4n) is 3.45. The van der Waals surface area contributed by atoms with E-state index in [0.717, 1.165) is 19.1 Å².